The van der Waals surface area contributed by atoms with Crippen LogP contribution in [0.1, 0.15) is 0 Å². The van der Waals surface area contributed by atoms with Gasteiger partial charge in [-0.3, -0.25) is 0 Å². The number of halogens is 6. The Bertz CT molecular complexity index is 674. The van der Waals surface area contributed by atoms with Crippen molar-refractivity contribution in [2.75, 3.05) is 0 Å². The fourth-order valence-corrected chi connectivity index (χ4v) is 1.88. The molecule has 0 aliphatic heterocycles. The lowest BCUT2D eigenvalue weighted by Crippen LogP contribution is -2.32. The number of nitrogens with one attached hydrogen (secondary N) is 1. The number of nitrogens with zero attached hydrogens (tertiary/aromatic N) is 1. The van der Waals surface area contributed by atoms with Crippen LogP contribution in [0, 0.1) is 16.4 Å². The van der Waals surface area contributed by atoms with Gasteiger partial charge in [-0.25, -0.2) is 17.6 Å². The first-order chi connectivity index (χ1) is 8.72. The van der Waals surface area contributed by atoms with Crippen molar-refractivity contribution < 1.29 is 26.3 Å². The van der Waals surface area contributed by atoms with Gasteiger partial charge < -0.3 is 9.55 Å². The first-order valence-electron chi connectivity index (χ1n) is 4.96. The molecule has 0 radical (unpaired) electrons. The van der Waals surface area contributed by atoms with Crippen LogP contribution >= 0.6 is 12.2 Å². The number of hydrogen-bond donors (Lipinski definition) is 1. The number of imidazole rings is 1. The van der Waals surface area contributed by atoms with Gasteiger partial charge in [0, 0.05) is 6.07 Å². The minimum Gasteiger partial charge on any atom is -0.328 e. The molecule has 0 amide bonds. The van der Waals surface area contributed by atoms with E-state index in [4.69, 9.17) is 0 Å². The molecule has 9 heteroatoms. The molecule has 19 heavy (non-hydrogen) atoms. The molecule has 2 aromatic rings. The predicted molar refractivity (Wildman–Crippen MR) is 58.0 cm³/mol. The molecule has 0 fully saturated rings. The Morgan fingerprint density at radius 3 is 2.47 bits per heavy atom. The maximum Gasteiger partial charge on any atom is 0.324 e. The molecule has 0 bridgehead atoms. The Labute approximate surface area is 107 Å². The largest absolute Gasteiger partial charge is 0.328 e. The first-order valence-corrected chi connectivity index (χ1v) is 5.37. The Kier molecular flexibility index (Phi) is 3.33. The van der Waals surface area contributed by atoms with E-state index in [9.17, 15) is 26.3 Å². The van der Waals surface area contributed by atoms with Crippen LogP contribution in [0.4, 0.5) is 26.3 Å². The Hall–Kier alpha value is -1.51. The number of H-pyrrole nitrogens is 1. The summed E-state index contributed by atoms with van der Waals surface area (Å²) in [7, 11) is 0. The van der Waals surface area contributed by atoms with E-state index in [0.29, 0.717) is 10.6 Å². The van der Waals surface area contributed by atoms with Gasteiger partial charge in [-0.05, 0) is 18.3 Å². The lowest BCUT2D eigenvalue weighted by Gasteiger charge is -2.16. The smallest absolute Gasteiger partial charge is 0.324 e. The van der Waals surface area contributed by atoms with Crippen molar-refractivity contribution in [1.29, 1.82) is 0 Å². The zero-order chi connectivity index (χ0) is 14.4. The lowest BCUT2D eigenvalue weighted by molar-refractivity contribution is -0.137. The summed E-state index contributed by atoms with van der Waals surface area (Å²) in [5, 5.41) is 0. The number of aromatic nitrogens is 2. The van der Waals surface area contributed by atoms with Gasteiger partial charge in [0.2, 0.25) is 0 Å². The van der Waals surface area contributed by atoms with E-state index in [1.807, 2.05) is 0 Å². The van der Waals surface area contributed by atoms with Gasteiger partial charge in [-0.15, -0.1) is 0 Å². The summed E-state index contributed by atoms with van der Waals surface area (Å²) in [6, 6.07) is 1.27. The molecule has 0 spiro atoms. The van der Waals surface area contributed by atoms with Crippen LogP contribution in [0.2, 0.25) is 0 Å². The van der Waals surface area contributed by atoms with Crippen molar-refractivity contribution >= 4 is 23.3 Å². The SMILES string of the molecule is Fc1cc(F)c2[nH]c(=S)n(CC(F)(F)C(F)F)c2c1. The second kappa shape index (κ2) is 4.55. The van der Waals surface area contributed by atoms with Gasteiger partial charge in [0.15, 0.2) is 10.6 Å². The Morgan fingerprint density at radius 2 is 1.89 bits per heavy atom. The number of fused-ring (bicyclic) bond motifs is 1. The molecule has 1 aromatic carbocycles. The lowest BCUT2D eigenvalue weighted by atomic mass is 10.2. The van der Waals surface area contributed by atoms with Crippen molar-refractivity contribution in [3.63, 3.8) is 0 Å². The first kappa shape index (κ1) is 13.9. The van der Waals surface area contributed by atoms with Crippen LogP contribution in [-0.2, 0) is 6.54 Å². The van der Waals surface area contributed by atoms with Crippen LogP contribution in [0.25, 0.3) is 11.0 Å². The fourth-order valence-electron chi connectivity index (χ4n) is 1.62. The van der Waals surface area contributed by atoms with Crippen molar-refractivity contribution in [2.45, 2.75) is 18.9 Å². The Morgan fingerprint density at radius 1 is 1.26 bits per heavy atom. The average Bonchev–Trinajstić information content (AvgIpc) is 2.56. The van der Waals surface area contributed by atoms with E-state index >= 15 is 0 Å². The number of benzene rings is 1. The van der Waals surface area contributed by atoms with Gasteiger partial charge in [0.05, 0.1) is 12.1 Å². The van der Waals surface area contributed by atoms with Crippen LogP contribution in [0.5, 0.6) is 0 Å². The summed E-state index contributed by atoms with van der Waals surface area (Å²) in [6.45, 7) is -1.47. The van der Waals surface area contributed by atoms with Crippen LogP contribution in [-0.4, -0.2) is 21.9 Å². The maximum absolute atomic E-state index is 13.4. The molecule has 0 saturated carbocycles. The minimum atomic E-state index is -4.35. The highest BCUT2D eigenvalue weighted by atomic mass is 32.1. The summed E-state index contributed by atoms with van der Waals surface area (Å²) in [5.74, 6) is -6.41. The van der Waals surface area contributed by atoms with E-state index in [1.54, 1.807) is 0 Å². The molecular weight excluding hydrogens is 294 g/mol. The molecule has 1 heterocycles. The summed E-state index contributed by atoms with van der Waals surface area (Å²) >= 11 is 4.65. The number of rotatable bonds is 3. The van der Waals surface area contributed by atoms with E-state index < -0.39 is 30.5 Å². The molecule has 0 aliphatic carbocycles. The van der Waals surface area contributed by atoms with Gasteiger partial charge >= 0.3 is 12.3 Å². The van der Waals surface area contributed by atoms with E-state index in [2.05, 4.69) is 17.2 Å². The number of aromatic amines is 1. The van der Waals surface area contributed by atoms with Gasteiger partial charge in [0.1, 0.15) is 11.3 Å². The maximum atomic E-state index is 13.4. The topological polar surface area (TPSA) is 20.7 Å². The van der Waals surface area contributed by atoms with E-state index in [-0.39, 0.29) is 15.8 Å². The summed E-state index contributed by atoms with van der Waals surface area (Å²) in [6.07, 6.45) is -3.90. The highest BCUT2D eigenvalue weighted by molar-refractivity contribution is 7.71. The summed E-state index contributed by atoms with van der Waals surface area (Å²) in [5.41, 5.74) is -0.640. The fraction of sp³-hybridized carbons (Fsp3) is 0.300. The zero-order valence-corrected chi connectivity index (χ0v) is 9.88. The molecule has 0 atom stereocenters. The molecule has 1 aromatic heterocycles. The number of hydrogen-bond acceptors (Lipinski definition) is 1. The molecular formula is C10H6F6N2S. The van der Waals surface area contributed by atoms with Gasteiger partial charge in [-0.2, -0.15) is 8.78 Å². The highest BCUT2D eigenvalue weighted by Crippen LogP contribution is 2.28. The normalized spacial score (nSPS) is 12.6. The molecule has 104 valence electrons. The van der Waals surface area contributed by atoms with Crippen LogP contribution in [0.15, 0.2) is 12.1 Å². The molecule has 0 saturated heterocycles. The minimum absolute atomic E-state index is 0.309. The predicted octanol–water partition coefficient (Wildman–Crippen LogP) is 3.88. The second-order valence-electron chi connectivity index (χ2n) is 3.86. The third kappa shape index (κ3) is 2.46. The molecule has 2 nitrogen and oxygen atoms in total. The van der Waals surface area contributed by atoms with Crippen molar-refractivity contribution in [2.24, 2.45) is 0 Å². The summed E-state index contributed by atoms with van der Waals surface area (Å²) < 4.78 is 76.8. The highest BCUT2D eigenvalue weighted by Gasteiger charge is 2.41. The van der Waals surface area contributed by atoms with Gasteiger partial charge in [-0.1, -0.05) is 0 Å². The summed E-state index contributed by atoms with van der Waals surface area (Å²) in [4.78, 5) is 2.24. The standard InChI is InChI=1S/C10H6F6N2S/c11-4-1-5(12)7-6(2-4)18(9(19)17-7)3-10(15,16)8(13)14/h1-2,8H,3H2,(H,17,19). The quantitative estimate of drug-likeness (QED) is 0.674. The molecule has 2 rings (SSSR count). The van der Waals surface area contributed by atoms with E-state index in [0.717, 1.165) is 6.07 Å². The second-order valence-corrected chi connectivity index (χ2v) is 4.25. The van der Waals surface area contributed by atoms with Crippen molar-refractivity contribution in [1.82, 2.24) is 9.55 Å². The zero-order valence-electron chi connectivity index (χ0n) is 9.06. The van der Waals surface area contributed by atoms with Crippen LogP contribution in [0.3, 0.4) is 0 Å². The van der Waals surface area contributed by atoms with Crippen LogP contribution < -0.4 is 0 Å². The van der Waals surface area contributed by atoms with Crippen molar-refractivity contribution in [3.8, 4) is 0 Å². The number of alkyl halides is 4. The molecule has 0 aliphatic rings. The monoisotopic (exact) mass is 300 g/mol. The molecule has 0 unspecified atom stereocenters. The molecule has 1 N–H and O–H groups in total. The average molecular weight is 300 g/mol. The third-order valence-electron chi connectivity index (χ3n) is 2.49. The van der Waals surface area contributed by atoms with Gasteiger partial charge in [0.25, 0.3) is 0 Å². The Balaban J connectivity index is 2.61. The van der Waals surface area contributed by atoms with Crippen molar-refractivity contribution in [3.05, 3.63) is 28.5 Å². The van der Waals surface area contributed by atoms with E-state index in [1.165, 1.54) is 0 Å². The third-order valence-corrected chi connectivity index (χ3v) is 2.81.